The fourth-order valence-corrected chi connectivity index (χ4v) is 1.52. The highest BCUT2D eigenvalue weighted by molar-refractivity contribution is 5.94. The molecule has 3 N–H and O–H groups in total. The number of amides is 1. The lowest BCUT2D eigenvalue weighted by molar-refractivity contribution is 0.0946. The third-order valence-electron chi connectivity index (χ3n) is 2.61. The first-order valence-corrected chi connectivity index (χ1v) is 5.87. The number of hydrogen-bond acceptors (Lipinski definition) is 4. The van der Waals surface area contributed by atoms with Gasteiger partial charge in [0.1, 0.15) is 11.6 Å². The maximum absolute atomic E-state index is 13.2. The molecule has 6 heteroatoms. The van der Waals surface area contributed by atoms with Crippen molar-refractivity contribution in [2.24, 2.45) is 0 Å². The van der Waals surface area contributed by atoms with Crippen molar-refractivity contribution in [1.82, 2.24) is 10.3 Å². The molecule has 1 amide bonds. The van der Waals surface area contributed by atoms with E-state index in [9.17, 15) is 9.18 Å². The molecule has 0 fully saturated rings. The molecule has 0 spiro atoms. The number of hydrogen-bond donors (Lipinski definition) is 2. The van der Waals surface area contributed by atoms with E-state index >= 15 is 0 Å². The smallest absolute Gasteiger partial charge is 0.251 e. The van der Waals surface area contributed by atoms with Crippen LogP contribution in [0.4, 0.5) is 10.1 Å². The maximum atomic E-state index is 13.2. The van der Waals surface area contributed by atoms with Gasteiger partial charge in [0.05, 0.1) is 18.4 Å². The normalized spacial score (nSPS) is 10.4. The van der Waals surface area contributed by atoms with E-state index in [1.807, 2.05) is 6.92 Å². The van der Waals surface area contributed by atoms with Gasteiger partial charge in [-0.2, -0.15) is 0 Å². The van der Waals surface area contributed by atoms with E-state index in [0.29, 0.717) is 5.89 Å². The minimum atomic E-state index is -0.614. The molecule has 0 aliphatic rings. The summed E-state index contributed by atoms with van der Waals surface area (Å²) in [6.07, 6.45) is 2.36. The molecule has 0 saturated carbocycles. The Morgan fingerprint density at radius 3 is 2.95 bits per heavy atom. The van der Waals surface area contributed by atoms with E-state index in [2.05, 4.69) is 10.3 Å². The third kappa shape index (κ3) is 3.09. The zero-order valence-electron chi connectivity index (χ0n) is 10.4. The number of aryl methyl sites for hydroxylation is 1. The van der Waals surface area contributed by atoms with Crippen LogP contribution in [-0.4, -0.2) is 10.9 Å². The Kier molecular flexibility index (Phi) is 3.79. The number of carbonyl (C=O) groups excluding carboxylic acids is 1. The molecular weight excluding hydrogens is 249 g/mol. The predicted molar refractivity (Wildman–Crippen MR) is 67.9 cm³/mol. The molecule has 0 unspecified atom stereocenters. The van der Waals surface area contributed by atoms with E-state index in [-0.39, 0.29) is 17.8 Å². The lowest BCUT2D eigenvalue weighted by Gasteiger charge is -2.04. The number of oxazole rings is 1. The van der Waals surface area contributed by atoms with Crippen LogP contribution in [0, 0.1) is 5.82 Å². The van der Waals surface area contributed by atoms with Gasteiger partial charge in [-0.05, 0) is 18.2 Å². The largest absolute Gasteiger partial charge is 0.444 e. The number of nitrogen functional groups attached to an aromatic ring is 1. The highest BCUT2D eigenvalue weighted by atomic mass is 19.1. The monoisotopic (exact) mass is 263 g/mol. The van der Waals surface area contributed by atoms with Crippen LogP contribution in [0.5, 0.6) is 0 Å². The summed E-state index contributed by atoms with van der Waals surface area (Å²) in [4.78, 5) is 15.8. The van der Waals surface area contributed by atoms with Crippen molar-refractivity contribution in [3.8, 4) is 0 Å². The second-order valence-corrected chi connectivity index (χ2v) is 3.99. The zero-order chi connectivity index (χ0) is 13.8. The summed E-state index contributed by atoms with van der Waals surface area (Å²) in [6, 6.07) is 3.91. The Morgan fingerprint density at radius 2 is 2.32 bits per heavy atom. The highest BCUT2D eigenvalue weighted by Crippen LogP contribution is 2.12. The average Bonchev–Trinajstić information content (AvgIpc) is 2.87. The van der Waals surface area contributed by atoms with Crippen molar-refractivity contribution in [3.05, 3.63) is 47.4 Å². The van der Waals surface area contributed by atoms with Crippen molar-refractivity contribution < 1.29 is 13.6 Å². The number of rotatable bonds is 4. The quantitative estimate of drug-likeness (QED) is 0.825. The van der Waals surface area contributed by atoms with Gasteiger partial charge in [0.15, 0.2) is 0 Å². The first-order chi connectivity index (χ1) is 9.10. The van der Waals surface area contributed by atoms with Gasteiger partial charge < -0.3 is 15.5 Å². The van der Waals surface area contributed by atoms with Crippen LogP contribution in [0.1, 0.15) is 28.9 Å². The van der Waals surface area contributed by atoms with Crippen LogP contribution in [0.15, 0.2) is 28.8 Å². The van der Waals surface area contributed by atoms with E-state index in [0.717, 1.165) is 18.2 Å². The van der Waals surface area contributed by atoms with E-state index < -0.39 is 11.7 Å². The molecule has 100 valence electrons. The molecule has 0 saturated heterocycles. The summed E-state index contributed by atoms with van der Waals surface area (Å²) in [7, 11) is 0. The maximum Gasteiger partial charge on any atom is 0.251 e. The minimum absolute atomic E-state index is 0.0110. The number of halogens is 1. The Bertz CT molecular complexity index is 595. The van der Waals surface area contributed by atoms with Gasteiger partial charge in [-0.3, -0.25) is 4.79 Å². The predicted octanol–water partition coefficient (Wildman–Crippen LogP) is 1.89. The fraction of sp³-hybridized carbons (Fsp3) is 0.231. The molecule has 0 atom stereocenters. The zero-order valence-corrected chi connectivity index (χ0v) is 10.4. The Labute approximate surface area is 109 Å². The standard InChI is InChI=1S/C13H14FN3O2/c1-2-9-6-16-12(19-9)7-17-13(18)8-3-4-11(15)10(14)5-8/h3-6H,2,7,15H2,1H3,(H,17,18). The first-order valence-electron chi connectivity index (χ1n) is 5.87. The van der Waals surface area contributed by atoms with Gasteiger partial charge in [0.25, 0.3) is 5.91 Å². The Balaban J connectivity index is 1.99. The molecule has 1 heterocycles. The molecule has 5 nitrogen and oxygen atoms in total. The van der Waals surface area contributed by atoms with Gasteiger partial charge in [-0.1, -0.05) is 6.92 Å². The molecule has 0 radical (unpaired) electrons. The minimum Gasteiger partial charge on any atom is -0.444 e. The number of nitrogens with zero attached hydrogens (tertiary/aromatic N) is 1. The summed E-state index contributed by atoms with van der Waals surface area (Å²) in [5.74, 6) is 0.149. The summed E-state index contributed by atoms with van der Waals surface area (Å²) in [5, 5.41) is 2.60. The summed E-state index contributed by atoms with van der Waals surface area (Å²) in [5.41, 5.74) is 5.55. The molecule has 1 aromatic carbocycles. The summed E-state index contributed by atoms with van der Waals surface area (Å²) >= 11 is 0. The van der Waals surface area contributed by atoms with E-state index in [4.69, 9.17) is 10.2 Å². The van der Waals surface area contributed by atoms with Crippen LogP contribution in [-0.2, 0) is 13.0 Å². The van der Waals surface area contributed by atoms with Crippen molar-refractivity contribution in [3.63, 3.8) is 0 Å². The second kappa shape index (κ2) is 5.51. The summed E-state index contributed by atoms with van der Waals surface area (Å²) < 4.78 is 18.6. The van der Waals surface area contributed by atoms with Crippen molar-refractivity contribution in [2.75, 3.05) is 5.73 Å². The summed E-state index contributed by atoms with van der Waals surface area (Å²) in [6.45, 7) is 2.10. The van der Waals surface area contributed by atoms with Gasteiger partial charge >= 0.3 is 0 Å². The van der Waals surface area contributed by atoms with Crippen LogP contribution in [0.3, 0.4) is 0 Å². The number of anilines is 1. The molecule has 1 aromatic heterocycles. The number of nitrogens with two attached hydrogens (primary N) is 1. The molecule has 2 aromatic rings. The molecular formula is C13H14FN3O2. The topological polar surface area (TPSA) is 81.2 Å². The highest BCUT2D eigenvalue weighted by Gasteiger charge is 2.10. The van der Waals surface area contributed by atoms with Crippen LogP contribution in [0.25, 0.3) is 0 Å². The van der Waals surface area contributed by atoms with Crippen molar-refractivity contribution in [2.45, 2.75) is 19.9 Å². The van der Waals surface area contributed by atoms with Crippen molar-refractivity contribution >= 4 is 11.6 Å². The molecule has 2 rings (SSSR count). The Hall–Kier alpha value is -2.37. The first kappa shape index (κ1) is 13.1. The molecule has 19 heavy (non-hydrogen) atoms. The lowest BCUT2D eigenvalue weighted by atomic mass is 10.2. The van der Waals surface area contributed by atoms with Gasteiger partial charge in [-0.15, -0.1) is 0 Å². The number of nitrogens with one attached hydrogen (secondary N) is 1. The molecule has 0 aliphatic heterocycles. The van der Waals surface area contributed by atoms with E-state index in [1.165, 1.54) is 12.1 Å². The lowest BCUT2D eigenvalue weighted by Crippen LogP contribution is -2.23. The molecule has 0 bridgehead atoms. The van der Waals surface area contributed by atoms with E-state index in [1.54, 1.807) is 6.20 Å². The third-order valence-corrected chi connectivity index (χ3v) is 2.61. The van der Waals surface area contributed by atoms with Crippen LogP contribution < -0.4 is 11.1 Å². The number of carbonyl (C=O) groups is 1. The van der Waals surface area contributed by atoms with Gasteiger partial charge in [0.2, 0.25) is 5.89 Å². The van der Waals surface area contributed by atoms with Gasteiger partial charge in [0, 0.05) is 12.0 Å². The fourth-order valence-electron chi connectivity index (χ4n) is 1.52. The van der Waals surface area contributed by atoms with Crippen molar-refractivity contribution in [1.29, 1.82) is 0 Å². The van der Waals surface area contributed by atoms with Crippen LogP contribution >= 0.6 is 0 Å². The molecule has 0 aliphatic carbocycles. The second-order valence-electron chi connectivity index (χ2n) is 3.99. The Morgan fingerprint density at radius 1 is 1.53 bits per heavy atom. The number of benzene rings is 1. The SMILES string of the molecule is CCc1cnc(CNC(=O)c2ccc(N)c(F)c2)o1. The average molecular weight is 263 g/mol. The van der Waals surface area contributed by atoms with Crippen LogP contribution in [0.2, 0.25) is 0 Å². The van der Waals surface area contributed by atoms with Gasteiger partial charge in [-0.25, -0.2) is 9.37 Å². The number of aromatic nitrogens is 1.